The van der Waals surface area contributed by atoms with Crippen LogP contribution in [0.15, 0.2) is 55.1 Å². The second-order valence-electron chi connectivity index (χ2n) is 4.76. The summed E-state index contributed by atoms with van der Waals surface area (Å²) in [5.41, 5.74) is 4.56. The Kier molecular flexibility index (Phi) is 3.52. The first-order chi connectivity index (χ1) is 9.72. The summed E-state index contributed by atoms with van der Waals surface area (Å²) in [6.45, 7) is 2.72. The first-order valence-corrected chi connectivity index (χ1v) is 6.78. The van der Waals surface area contributed by atoms with Gasteiger partial charge in [-0.25, -0.2) is 9.67 Å². The van der Waals surface area contributed by atoms with E-state index in [2.05, 4.69) is 40.4 Å². The first-order valence-electron chi connectivity index (χ1n) is 6.40. The molecule has 1 heterocycles. The van der Waals surface area contributed by atoms with Crippen LogP contribution in [0.1, 0.15) is 11.1 Å². The molecule has 0 saturated heterocycles. The van der Waals surface area contributed by atoms with Gasteiger partial charge in [-0.15, -0.1) is 0 Å². The van der Waals surface area contributed by atoms with E-state index in [9.17, 15) is 0 Å². The molecular weight excluding hydrogens is 270 g/mol. The molecule has 0 aliphatic rings. The van der Waals surface area contributed by atoms with Crippen molar-refractivity contribution in [3.8, 4) is 11.1 Å². The van der Waals surface area contributed by atoms with Gasteiger partial charge in [-0.2, -0.15) is 5.10 Å². The molecule has 3 nitrogen and oxygen atoms in total. The first kappa shape index (κ1) is 12.9. The summed E-state index contributed by atoms with van der Waals surface area (Å²) < 4.78 is 1.81. The van der Waals surface area contributed by atoms with Crippen LogP contribution >= 0.6 is 11.6 Å². The lowest BCUT2D eigenvalue weighted by Crippen LogP contribution is -1.99. The van der Waals surface area contributed by atoms with Gasteiger partial charge in [0.2, 0.25) is 0 Å². The lowest BCUT2D eigenvalue weighted by molar-refractivity contribution is 0.685. The highest BCUT2D eigenvalue weighted by atomic mass is 35.5. The van der Waals surface area contributed by atoms with E-state index in [0.717, 1.165) is 21.7 Å². The minimum atomic E-state index is 0.716. The van der Waals surface area contributed by atoms with Crippen molar-refractivity contribution in [3.05, 3.63) is 71.3 Å². The highest BCUT2D eigenvalue weighted by Crippen LogP contribution is 2.26. The SMILES string of the molecule is Cc1ccc(-c2cccc(Cn3cncn3)c2)cc1Cl. The van der Waals surface area contributed by atoms with E-state index < -0.39 is 0 Å². The summed E-state index contributed by atoms with van der Waals surface area (Å²) >= 11 is 6.20. The molecule has 0 N–H and O–H groups in total. The molecule has 3 rings (SSSR count). The Hall–Kier alpha value is -2.13. The van der Waals surface area contributed by atoms with Crippen molar-refractivity contribution in [2.45, 2.75) is 13.5 Å². The zero-order valence-corrected chi connectivity index (χ0v) is 11.9. The van der Waals surface area contributed by atoms with Crippen molar-refractivity contribution in [2.75, 3.05) is 0 Å². The minimum Gasteiger partial charge on any atom is -0.249 e. The van der Waals surface area contributed by atoms with Crippen LogP contribution < -0.4 is 0 Å². The molecule has 0 atom stereocenters. The van der Waals surface area contributed by atoms with Crippen LogP contribution in [0.5, 0.6) is 0 Å². The van der Waals surface area contributed by atoms with Crippen LogP contribution in [0.3, 0.4) is 0 Å². The third kappa shape index (κ3) is 2.73. The quantitative estimate of drug-likeness (QED) is 0.728. The number of hydrogen-bond donors (Lipinski definition) is 0. The second-order valence-corrected chi connectivity index (χ2v) is 5.16. The fourth-order valence-corrected chi connectivity index (χ4v) is 2.30. The molecule has 20 heavy (non-hydrogen) atoms. The van der Waals surface area contributed by atoms with E-state index >= 15 is 0 Å². The van der Waals surface area contributed by atoms with Gasteiger partial charge in [0.25, 0.3) is 0 Å². The molecule has 2 aromatic carbocycles. The summed E-state index contributed by atoms with van der Waals surface area (Å²) in [7, 11) is 0. The largest absolute Gasteiger partial charge is 0.249 e. The Bertz CT molecular complexity index is 720. The molecule has 0 unspecified atom stereocenters. The summed E-state index contributed by atoms with van der Waals surface area (Å²) in [6, 6.07) is 14.5. The van der Waals surface area contributed by atoms with Gasteiger partial charge < -0.3 is 0 Å². The number of halogens is 1. The normalized spacial score (nSPS) is 10.7. The molecule has 4 heteroatoms. The van der Waals surface area contributed by atoms with Gasteiger partial charge in [0, 0.05) is 5.02 Å². The van der Waals surface area contributed by atoms with Gasteiger partial charge in [-0.3, -0.25) is 0 Å². The Morgan fingerprint density at radius 1 is 1.10 bits per heavy atom. The van der Waals surface area contributed by atoms with Crippen molar-refractivity contribution in [1.29, 1.82) is 0 Å². The van der Waals surface area contributed by atoms with E-state index in [4.69, 9.17) is 11.6 Å². The predicted octanol–water partition coefficient (Wildman–Crippen LogP) is 3.96. The monoisotopic (exact) mass is 283 g/mol. The van der Waals surface area contributed by atoms with E-state index in [1.54, 1.807) is 17.3 Å². The van der Waals surface area contributed by atoms with Crippen molar-refractivity contribution in [2.24, 2.45) is 0 Å². The fraction of sp³-hybridized carbons (Fsp3) is 0.125. The number of aromatic nitrogens is 3. The highest BCUT2D eigenvalue weighted by molar-refractivity contribution is 6.31. The number of nitrogens with zero attached hydrogens (tertiary/aromatic N) is 3. The molecule has 0 aliphatic carbocycles. The number of aryl methyl sites for hydroxylation is 1. The van der Waals surface area contributed by atoms with Crippen LogP contribution in [-0.4, -0.2) is 14.8 Å². The van der Waals surface area contributed by atoms with E-state index in [-0.39, 0.29) is 0 Å². The maximum absolute atomic E-state index is 6.20. The predicted molar refractivity (Wildman–Crippen MR) is 80.7 cm³/mol. The van der Waals surface area contributed by atoms with E-state index in [0.29, 0.717) is 6.54 Å². The molecular formula is C16H14ClN3. The Balaban J connectivity index is 1.92. The smallest absolute Gasteiger partial charge is 0.137 e. The standard InChI is InChI=1S/C16H14ClN3/c1-12-5-6-15(8-16(12)17)14-4-2-3-13(7-14)9-20-11-18-10-19-20/h2-8,10-11H,9H2,1H3. The maximum Gasteiger partial charge on any atom is 0.137 e. The maximum atomic E-state index is 6.20. The van der Waals surface area contributed by atoms with Gasteiger partial charge in [-0.1, -0.05) is 41.9 Å². The molecule has 0 fully saturated rings. The van der Waals surface area contributed by atoms with Gasteiger partial charge in [0.05, 0.1) is 6.54 Å². The van der Waals surface area contributed by atoms with Crippen molar-refractivity contribution in [1.82, 2.24) is 14.8 Å². The Morgan fingerprint density at radius 2 is 1.95 bits per heavy atom. The summed E-state index contributed by atoms with van der Waals surface area (Å²) in [4.78, 5) is 3.95. The molecule has 1 aromatic heterocycles. The van der Waals surface area contributed by atoms with Gasteiger partial charge in [0.15, 0.2) is 0 Å². The fourth-order valence-electron chi connectivity index (χ4n) is 2.12. The third-order valence-corrected chi connectivity index (χ3v) is 3.65. The topological polar surface area (TPSA) is 30.7 Å². The Labute approximate surface area is 122 Å². The molecule has 0 aliphatic heterocycles. The highest BCUT2D eigenvalue weighted by Gasteiger charge is 2.03. The zero-order valence-electron chi connectivity index (χ0n) is 11.1. The molecule has 3 aromatic rings. The lowest BCUT2D eigenvalue weighted by atomic mass is 10.0. The van der Waals surface area contributed by atoms with E-state index in [1.807, 2.05) is 19.1 Å². The lowest BCUT2D eigenvalue weighted by Gasteiger charge is -2.07. The van der Waals surface area contributed by atoms with Gasteiger partial charge >= 0.3 is 0 Å². The van der Waals surface area contributed by atoms with Crippen LogP contribution in [0.2, 0.25) is 5.02 Å². The van der Waals surface area contributed by atoms with Crippen molar-refractivity contribution >= 4 is 11.6 Å². The van der Waals surface area contributed by atoms with E-state index in [1.165, 1.54) is 5.56 Å². The number of hydrogen-bond acceptors (Lipinski definition) is 2. The van der Waals surface area contributed by atoms with Crippen LogP contribution in [0, 0.1) is 6.92 Å². The van der Waals surface area contributed by atoms with Crippen molar-refractivity contribution in [3.63, 3.8) is 0 Å². The summed E-state index contributed by atoms with van der Waals surface area (Å²) in [5.74, 6) is 0. The summed E-state index contributed by atoms with van der Waals surface area (Å²) in [6.07, 6.45) is 3.26. The average Bonchev–Trinajstić information content (AvgIpc) is 2.95. The molecule has 0 spiro atoms. The van der Waals surface area contributed by atoms with Gasteiger partial charge in [-0.05, 0) is 41.3 Å². The number of benzene rings is 2. The molecule has 0 amide bonds. The summed E-state index contributed by atoms with van der Waals surface area (Å²) in [5, 5.41) is 4.92. The molecule has 100 valence electrons. The van der Waals surface area contributed by atoms with Crippen LogP contribution in [0.4, 0.5) is 0 Å². The second kappa shape index (κ2) is 5.47. The number of rotatable bonds is 3. The average molecular weight is 284 g/mol. The van der Waals surface area contributed by atoms with Crippen LogP contribution in [0.25, 0.3) is 11.1 Å². The Morgan fingerprint density at radius 3 is 2.70 bits per heavy atom. The minimum absolute atomic E-state index is 0.716. The van der Waals surface area contributed by atoms with Gasteiger partial charge in [0.1, 0.15) is 12.7 Å². The third-order valence-electron chi connectivity index (χ3n) is 3.24. The van der Waals surface area contributed by atoms with Crippen LogP contribution in [-0.2, 0) is 6.54 Å². The molecule has 0 saturated carbocycles. The molecule has 0 bridgehead atoms. The van der Waals surface area contributed by atoms with Crippen molar-refractivity contribution < 1.29 is 0 Å². The molecule has 0 radical (unpaired) electrons. The zero-order chi connectivity index (χ0) is 13.9.